The number of rotatable bonds is 0. The molecule has 0 unspecified atom stereocenters. The third kappa shape index (κ3) is 1.13. The topological polar surface area (TPSA) is 17.8 Å². The fraction of sp³-hybridized carbons (Fsp3) is 0.300. The monoisotopic (exact) mass is 194 g/mol. The highest BCUT2D eigenvalue weighted by atomic mass is 35.5. The Labute approximate surface area is 82.1 Å². The smallest absolute Gasteiger partial charge is 0.141 e. The summed E-state index contributed by atoms with van der Waals surface area (Å²) >= 11 is 6.19. The molecule has 3 heteroatoms. The molecule has 0 amide bonds. The molecule has 0 bridgehead atoms. The van der Waals surface area contributed by atoms with Crippen LogP contribution in [0.4, 0.5) is 0 Å². The van der Waals surface area contributed by atoms with Crippen LogP contribution in [0.3, 0.4) is 0 Å². The van der Waals surface area contributed by atoms with Gasteiger partial charge in [-0.2, -0.15) is 0 Å². The van der Waals surface area contributed by atoms with Gasteiger partial charge in [-0.3, -0.25) is 0 Å². The Hall–Kier alpha value is -1.02. The van der Waals surface area contributed by atoms with E-state index in [1.54, 1.807) is 0 Å². The molecule has 0 aliphatic heterocycles. The van der Waals surface area contributed by atoms with E-state index in [0.717, 1.165) is 21.6 Å². The molecule has 0 N–H and O–H groups in total. The van der Waals surface area contributed by atoms with Gasteiger partial charge in [-0.05, 0) is 25.0 Å². The van der Waals surface area contributed by atoms with Gasteiger partial charge in [-0.25, -0.2) is 4.98 Å². The summed E-state index contributed by atoms with van der Waals surface area (Å²) in [6.07, 6.45) is 3.85. The van der Waals surface area contributed by atoms with Crippen LogP contribution in [-0.2, 0) is 7.05 Å². The minimum absolute atomic E-state index is 0.822. The molecule has 2 aromatic heterocycles. The molecular formula is C10H11ClN2. The zero-order valence-corrected chi connectivity index (χ0v) is 8.68. The van der Waals surface area contributed by atoms with E-state index >= 15 is 0 Å². The zero-order chi connectivity index (χ0) is 9.59. The molecule has 0 aliphatic carbocycles. The SMILES string of the molecule is Cc1cnc2c(c(C)cn2C)c1Cl. The number of hydrogen-bond acceptors (Lipinski definition) is 1. The van der Waals surface area contributed by atoms with Crippen molar-refractivity contribution in [1.29, 1.82) is 0 Å². The first-order valence-corrected chi connectivity index (χ1v) is 4.56. The fourth-order valence-electron chi connectivity index (χ4n) is 1.61. The largest absolute Gasteiger partial charge is 0.335 e. The number of hydrogen-bond donors (Lipinski definition) is 0. The van der Waals surface area contributed by atoms with Crippen molar-refractivity contribution in [1.82, 2.24) is 9.55 Å². The summed E-state index contributed by atoms with van der Waals surface area (Å²) in [5, 5.41) is 1.90. The highest BCUT2D eigenvalue weighted by Crippen LogP contribution is 2.28. The molecule has 0 saturated heterocycles. The zero-order valence-electron chi connectivity index (χ0n) is 7.93. The predicted octanol–water partition coefficient (Wildman–Crippen LogP) is 2.84. The van der Waals surface area contributed by atoms with E-state index in [-0.39, 0.29) is 0 Å². The van der Waals surface area contributed by atoms with Crippen molar-refractivity contribution in [2.24, 2.45) is 7.05 Å². The van der Waals surface area contributed by atoms with Gasteiger partial charge in [0.1, 0.15) is 5.65 Å². The number of fused-ring (bicyclic) bond motifs is 1. The van der Waals surface area contributed by atoms with Gasteiger partial charge >= 0.3 is 0 Å². The van der Waals surface area contributed by atoms with E-state index in [0.29, 0.717) is 0 Å². The van der Waals surface area contributed by atoms with Crippen molar-refractivity contribution in [3.63, 3.8) is 0 Å². The summed E-state index contributed by atoms with van der Waals surface area (Å²) in [5.74, 6) is 0. The van der Waals surface area contributed by atoms with Gasteiger partial charge < -0.3 is 4.57 Å². The molecule has 2 nitrogen and oxygen atoms in total. The standard InChI is InChI=1S/C10H11ClN2/c1-6-4-12-10-8(9(6)11)7(2)5-13(10)3/h4-5H,1-3H3. The van der Waals surface area contributed by atoms with E-state index in [2.05, 4.69) is 11.9 Å². The minimum Gasteiger partial charge on any atom is -0.335 e. The average molecular weight is 195 g/mol. The second-order valence-electron chi connectivity index (χ2n) is 3.38. The highest BCUT2D eigenvalue weighted by Gasteiger charge is 2.09. The summed E-state index contributed by atoms with van der Waals surface area (Å²) < 4.78 is 2.00. The lowest BCUT2D eigenvalue weighted by atomic mass is 10.2. The van der Waals surface area contributed by atoms with Gasteiger partial charge in [-0.1, -0.05) is 11.6 Å². The maximum absolute atomic E-state index is 6.19. The number of aromatic nitrogens is 2. The van der Waals surface area contributed by atoms with Gasteiger partial charge in [0, 0.05) is 24.8 Å². The molecule has 0 aliphatic rings. The summed E-state index contributed by atoms with van der Waals surface area (Å²) in [6, 6.07) is 0. The third-order valence-corrected chi connectivity index (χ3v) is 2.77. The van der Waals surface area contributed by atoms with Crippen LogP contribution in [0.1, 0.15) is 11.1 Å². The van der Waals surface area contributed by atoms with Crippen LogP contribution in [0.15, 0.2) is 12.4 Å². The lowest BCUT2D eigenvalue weighted by molar-refractivity contribution is 0.943. The van der Waals surface area contributed by atoms with Gasteiger partial charge in [0.05, 0.1) is 5.02 Å². The lowest BCUT2D eigenvalue weighted by Crippen LogP contribution is -1.88. The molecule has 2 aromatic rings. The normalized spacial score (nSPS) is 11.1. The second kappa shape index (κ2) is 2.74. The Morgan fingerprint density at radius 2 is 2.00 bits per heavy atom. The van der Waals surface area contributed by atoms with E-state index in [4.69, 9.17) is 11.6 Å². The van der Waals surface area contributed by atoms with Crippen LogP contribution in [-0.4, -0.2) is 9.55 Å². The first-order chi connectivity index (χ1) is 6.11. The summed E-state index contributed by atoms with van der Waals surface area (Å²) in [7, 11) is 1.98. The first-order valence-electron chi connectivity index (χ1n) is 4.18. The number of halogens is 1. The average Bonchev–Trinajstić information content (AvgIpc) is 2.35. The van der Waals surface area contributed by atoms with E-state index in [1.165, 1.54) is 5.56 Å². The van der Waals surface area contributed by atoms with Gasteiger partial charge in [-0.15, -0.1) is 0 Å². The second-order valence-corrected chi connectivity index (χ2v) is 3.75. The molecule has 2 heterocycles. The van der Waals surface area contributed by atoms with Gasteiger partial charge in [0.2, 0.25) is 0 Å². The Morgan fingerprint density at radius 3 is 2.69 bits per heavy atom. The summed E-state index contributed by atoms with van der Waals surface area (Å²) in [5.41, 5.74) is 3.16. The minimum atomic E-state index is 0.822. The molecule has 13 heavy (non-hydrogen) atoms. The van der Waals surface area contributed by atoms with Crippen molar-refractivity contribution in [3.05, 3.63) is 28.5 Å². The molecule has 0 radical (unpaired) electrons. The Bertz CT molecular complexity index is 471. The summed E-state index contributed by atoms with van der Waals surface area (Å²) in [6.45, 7) is 4.02. The first kappa shape index (κ1) is 8.57. The molecule has 0 saturated carbocycles. The molecule has 68 valence electrons. The maximum atomic E-state index is 6.19. The Balaban J connectivity index is 2.98. The lowest BCUT2D eigenvalue weighted by Gasteiger charge is -2.00. The van der Waals surface area contributed by atoms with Crippen LogP contribution >= 0.6 is 11.6 Å². The molecule has 0 spiro atoms. The highest BCUT2D eigenvalue weighted by molar-refractivity contribution is 6.36. The van der Waals surface area contributed by atoms with E-state index in [9.17, 15) is 0 Å². The third-order valence-electron chi connectivity index (χ3n) is 2.29. The Morgan fingerprint density at radius 1 is 1.31 bits per heavy atom. The number of aryl methyl sites for hydroxylation is 3. The van der Waals surface area contributed by atoms with Crippen molar-refractivity contribution < 1.29 is 0 Å². The van der Waals surface area contributed by atoms with Crippen molar-refractivity contribution in [2.45, 2.75) is 13.8 Å². The predicted molar refractivity (Wildman–Crippen MR) is 55.2 cm³/mol. The van der Waals surface area contributed by atoms with Gasteiger partial charge in [0.15, 0.2) is 0 Å². The van der Waals surface area contributed by atoms with Crippen LogP contribution in [0.2, 0.25) is 5.02 Å². The molecule has 0 atom stereocenters. The maximum Gasteiger partial charge on any atom is 0.141 e. The quantitative estimate of drug-likeness (QED) is 0.631. The number of pyridine rings is 1. The van der Waals surface area contributed by atoms with Crippen molar-refractivity contribution in [2.75, 3.05) is 0 Å². The molecule has 0 aromatic carbocycles. The molecule has 2 rings (SSSR count). The Kier molecular flexibility index (Phi) is 1.81. The molecule has 0 fully saturated rings. The van der Waals surface area contributed by atoms with Crippen LogP contribution < -0.4 is 0 Å². The fourth-order valence-corrected chi connectivity index (χ4v) is 1.89. The van der Waals surface area contributed by atoms with E-state index < -0.39 is 0 Å². The molecular weight excluding hydrogens is 184 g/mol. The van der Waals surface area contributed by atoms with E-state index in [1.807, 2.05) is 30.9 Å². The van der Waals surface area contributed by atoms with Crippen molar-refractivity contribution in [3.8, 4) is 0 Å². The van der Waals surface area contributed by atoms with Gasteiger partial charge in [0.25, 0.3) is 0 Å². The number of nitrogens with zero attached hydrogens (tertiary/aromatic N) is 2. The van der Waals surface area contributed by atoms with Crippen LogP contribution in [0.5, 0.6) is 0 Å². The van der Waals surface area contributed by atoms with Crippen LogP contribution in [0, 0.1) is 13.8 Å². The summed E-state index contributed by atoms with van der Waals surface area (Å²) in [4.78, 5) is 4.34. The van der Waals surface area contributed by atoms with Crippen LogP contribution in [0.25, 0.3) is 11.0 Å². The van der Waals surface area contributed by atoms with Crippen molar-refractivity contribution >= 4 is 22.6 Å².